The Labute approximate surface area is 164 Å². The number of imidazole rings is 1. The lowest BCUT2D eigenvalue weighted by Crippen LogP contribution is -2.16. The van der Waals surface area contributed by atoms with Gasteiger partial charge in [-0.1, -0.05) is 17.3 Å². The zero-order valence-corrected chi connectivity index (χ0v) is 15.2. The van der Waals surface area contributed by atoms with E-state index in [9.17, 15) is 9.59 Å². The molecule has 3 heterocycles. The van der Waals surface area contributed by atoms with E-state index in [1.54, 1.807) is 61.7 Å². The lowest BCUT2D eigenvalue weighted by Gasteiger charge is -2.04. The van der Waals surface area contributed by atoms with E-state index < -0.39 is 11.8 Å². The number of nitrogens with one attached hydrogen (secondary N) is 2. The summed E-state index contributed by atoms with van der Waals surface area (Å²) in [5.41, 5.74) is 1.40. The lowest BCUT2D eigenvalue weighted by atomic mass is 10.2. The van der Waals surface area contributed by atoms with Crippen LogP contribution < -0.4 is 10.6 Å². The molecule has 3 aromatic heterocycles. The molecule has 0 saturated carbocycles. The number of rotatable bonds is 4. The lowest BCUT2D eigenvalue weighted by molar-refractivity contribution is 0.101. The molecule has 4 rings (SSSR count). The normalized spacial score (nSPS) is 10.5. The standard InChI is InChI=1S/C20H14N6O3/c1-12-9-16(25-29-12)23-19(27)17-15-7-2-3-8-26(15)18(24-17)20(28)22-14-6-4-5-13(10-14)11-21/h2-10H,1H3,(H,22,28)(H,23,25,27). The third kappa shape index (κ3) is 3.54. The van der Waals surface area contributed by atoms with Crippen molar-refractivity contribution in [3.63, 3.8) is 0 Å². The van der Waals surface area contributed by atoms with Gasteiger partial charge in [-0.05, 0) is 37.3 Å². The summed E-state index contributed by atoms with van der Waals surface area (Å²) >= 11 is 0. The van der Waals surface area contributed by atoms with E-state index in [0.29, 0.717) is 22.5 Å². The number of carbonyl (C=O) groups excluding carboxylic acids is 2. The highest BCUT2D eigenvalue weighted by atomic mass is 16.5. The van der Waals surface area contributed by atoms with Crippen LogP contribution in [0.5, 0.6) is 0 Å². The second-order valence-electron chi connectivity index (χ2n) is 6.16. The Morgan fingerprint density at radius 3 is 2.72 bits per heavy atom. The van der Waals surface area contributed by atoms with E-state index in [-0.39, 0.29) is 17.3 Å². The van der Waals surface area contributed by atoms with Crippen molar-refractivity contribution in [2.24, 2.45) is 0 Å². The number of hydrogen-bond donors (Lipinski definition) is 2. The maximum Gasteiger partial charge on any atom is 0.292 e. The predicted octanol–water partition coefficient (Wildman–Crippen LogP) is 3.01. The third-order valence-corrected chi connectivity index (χ3v) is 4.09. The Morgan fingerprint density at radius 1 is 1.10 bits per heavy atom. The van der Waals surface area contributed by atoms with Crippen molar-refractivity contribution in [1.82, 2.24) is 14.5 Å². The fraction of sp³-hybridized carbons (Fsp3) is 0.0500. The summed E-state index contributed by atoms with van der Waals surface area (Å²) in [4.78, 5) is 29.7. The zero-order chi connectivity index (χ0) is 20.4. The van der Waals surface area contributed by atoms with E-state index in [2.05, 4.69) is 20.8 Å². The fourth-order valence-corrected chi connectivity index (χ4v) is 2.82. The van der Waals surface area contributed by atoms with Gasteiger partial charge in [0.1, 0.15) is 5.76 Å². The van der Waals surface area contributed by atoms with Crippen LogP contribution in [0, 0.1) is 18.3 Å². The van der Waals surface area contributed by atoms with Crippen molar-refractivity contribution >= 4 is 28.8 Å². The molecule has 0 bridgehead atoms. The van der Waals surface area contributed by atoms with Crippen LogP contribution >= 0.6 is 0 Å². The molecule has 0 unspecified atom stereocenters. The number of carbonyl (C=O) groups is 2. The van der Waals surface area contributed by atoms with Crippen LogP contribution in [-0.2, 0) is 0 Å². The molecule has 0 spiro atoms. The zero-order valence-electron chi connectivity index (χ0n) is 15.2. The first-order valence-corrected chi connectivity index (χ1v) is 8.58. The summed E-state index contributed by atoms with van der Waals surface area (Å²) in [5, 5.41) is 18.0. The summed E-state index contributed by atoms with van der Waals surface area (Å²) in [6, 6.07) is 15.3. The van der Waals surface area contributed by atoms with E-state index in [0.717, 1.165) is 0 Å². The highest BCUT2D eigenvalue weighted by Crippen LogP contribution is 2.18. The van der Waals surface area contributed by atoms with Crippen LogP contribution in [-0.4, -0.2) is 26.4 Å². The van der Waals surface area contributed by atoms with Crippen molar-refractivity contribution in [1.29, 1.82) is 5.26 Å². The molecule has 142 valence electrons. The molecule has 9 nitrogen and oxygen atoms in total. The molecule has 2 N–H and O–H groups in total. The quantitative estimate of drug-likeness (QED) is 0.555. The Balaban J connectivity index is 1.67. The van der Waals surface area contributed by atoms with E-state index >= 15 is 0 Å². The van der Waals surface area contributed by atoms with Gasteiger partial charge in [0, 0.05) is 18.0 Å². The SMILES string of the molecule is Cc1cc(NC(=O)c2nc(C(=O)Nc3cccc(C#N)c3)n3ccccc23)no1. The summed E-state index contributed by atoms with van der Waals surface area (Å²) in [6.45, 7) is 1.71. The fourth-order valence-electron chi connectivity index (χ4n) is 2.82. The number of hydrogen-bond acceptors (Lipinski definition) is 6. The van der Waals surface area contributed by atoms with Gasteiger partial charge in [0.15, 0.2) is 11.5 Å². The third-order valence-electron chi connectivity index (χ3n) is 4.09. The number of amides is 2. The first-order chi connectivity index (χ1) is 14.0. The Bertz CT molecular complexity index is 1280. The molecule has 29 heavy (non-hydrogen) atoms. The van der Waals surface area contributed by atoms with Gasteiger partial charge in [-0.3, -0.25) is 14.0 Å². The average Bonchev–Trinajstić information content (AvgIpc) is 3.31. The number of benzene rings is 1. The molecule has 9 heteroatoms. The highest BCUT2D eigenvalue weighted by molar-refractivity contribution is 6.10. The van der Waals surface area contributed by atoms with Crippen LogP contribution in [0.25, 0.3) is 5.52 Å². The number of aryl methyl sites for hydroxylation is 1. The molecular weight excluding hydrogens is 372 g/mol. The van der Waals surface area contributed by atoms with Crippen molar-refractivity contribution in [2.75, 3.05) is 10.6 Å². The van der Waals surface area contributed by atoms with Gasteiger partial charge in [0.05, 0.1) is 17.1 Å². The molecule has 0 saturated heterocycles. The van der Waals surface area contributed by atoms with Gasteiger partial charge < -0.3 is 15.2 Å². The van der Waals surface area contributed by atoms with Crippen molar-refractivity contribution in [3.05, 3.63) is 77.6 Å². The van der Waals surface area contributed by atoms with Gasteiger partial charge >= 0.3 is 0 Å². The van der Waals surface area contributed by atoms with E-state index in [1.807, 2.05) is 6.07 Å². The molecule has 0 aliphatic heterocycles. The summed E-state index contributed by atoms with van der Waals surface area (Å²) < 4.78 is 6.46. The number of fused-ring (bicyclic) bond motifs is 1. The molecule has 0 atom stereocenters. The van der Waals surface area contributed by atoms with E-state index in [1.165, 1.54) is 4.40 Å². The molecular formula is C20H14N6O3. The Morgan fingerprint density at radius 2 is 1.97 bits per heavy atom. The summed E-state index contributed by atoms with van der Waals surface area (Å²) in [5.74, 6) is -0.201. The summed E-state index contributed by atoms with van der Waals surface area (Å²) in [7, 11) is 0. The average molecular weight is 386 g/mol. The molecule has 2 amide bonds. The predicted molar refractivity (Wildman–Crippen MR) is 103 cm³/mol. The number of nitriles is 1. The number of nitrogens with zero attached hydrogens (tertiary/aromatic N) is 4. The second-order valence-corrected chi connectivity index (χ2v) is 6.16. The molecule has 1 aromatic carbocycles. The molecule has 4 aromatic rings. The van der Waals surface area contributed by atoms with Crippen molar-refractivity contribution < 1.29 is 14.1 Å². The number of pyridine rings is 1. The van der Waals surface area contributed by atoms with Crippen LogP contribution in [0.3, 0.4) is 0 Å². The number of aromatic nitrogens is 3. The van der Waals surface area contributed by atoms with Gasteiger partial charge in [0.25, 0.3) is 11.8 Å². The molecule has 0 fully saturated rings. The monoisotopic (exact) mass is 386 g/mol. The van der Waals surface area contributed by atoms with Crippen molar-refractivity contribution in [2.45, 2.75) is 6.92 Å². The van der Waals surface area contributed by atoms with Crippen LogP contribution in [0.15, 0.2) is 59.3 Å². The van der Waals surface area contributed by atoms with Crippen LogP contribution in [0.2, 0.25) is 0 Å². The topological polar surface area (TPSA) is 125 Å². The molecule has 0 radical (unpaired) electrons. The second kappa shape index (κ2) is 7.28. The minimum atomic E-state index is -0.521. The molecule has 0 aliphatic rings. The maximum atomic E-state index is 12.8. The Hall–Kier alpha value is -4.45. The van der Waals surface area contributed by atoms with Gasteiger partial charge in [-0.15, -0.1) is 0 Å². The first kappa shape index (κ1) is 17.9. The minimum absolute atomic E-state index is 0.0319. The van der Waals surface area contributed by atoms with Gasteiger partial charge in [-0.2, -0.15) is 5.26 Å². The Kier molecular flexibility index (Phi) is 4.50. The van der Waals surface area contributed by atoms with Crippen LogP contribution in [0.4, 0.5) is 11.5 Å². The van der Waals surface area contributed by atoms with E-state index in [4.69, 9.17) is 9.78 Å². The molecule has 0 aliphatic carbocycles. The highest BCUT2D eigenvalue weighted by Gasteiger charge is 2.22. The van der Waals surface area contributed by atoms with Gasteiger partial charge in [-0.25, -0.2) is 4.98 Å². The first-order valence-electron chi connectivity index (χ1n) is 8.58. The maximum absolute atomic E-state index is 12.8. The minimum Gasteiger partial charge on any atom is -0.360 e. The smallest absolute Gasteiger partial charge is 0.292 e. The van der Waals surface area contributed by atoms with Crippen molar-refractivity contribution in [3.8, 4) is 6.07 Å². The largest absolute Gasteiger partial charge is 0.360 e. The van der Waals surface area contributed by atoms with Gasteiger partial charge in [0.2, 0.25) is 5.82 Å². The number of anilines is 2. The van der Waals surface area contributed by atoms with Crippen LogP contribution in [0.1, 0.15) is 32.4 Å². The summed E-state index contributed by atoms with van der Waals surface area (Å²) in [6.07, 6.45) is 1.64.